The third-order valence-electron chi connectivity index (χ3n) is 3.23. The standard InChI is InChI=1S/C11H20N6O/c1-8-6-16(2)4-5-17(8)11-9(18-3)10(15-12)13-7-14-11/h7-8H,4-6,12H2,1-3H3,(H,13,14,15). The van der Waals surface area contributed by atoms with Gasteiger partial charge in [0.1, 0.15) is 6.33 Å². The molecule has 1 unspecified atom stereocenters. The van der Waals surface area contributed by atoms with Gasteiger partial charge in [-0.25, -0.2) is 15.8 Å². The Morgan fingerprint density at radius 2 is 2.22 bits per heavy atom. The molecule has 1 saturated heterocycles. The number of piperazine rings is 1. The molecule has 0 radical (unpaired) electrons. The lowest BCUT2D eigenvalue weighted by Crippen LogP contribution is -2.51. The largest absolute Gasteiger partial charge is 0.490 e. The van der Waals surface area contributed by atoms with Gasteiger partial charge >= 0.3 is 0 Å². The molecule has 18 heavy (non-hydrogen) atoms. The number of hydrogen-bond acceptors (Lipinski definition) is 7. The third kappa shape index (κ3) is 2.32. The molecule has 0 amide bonds. The lowest BCUT2D eigenvalue weighted by Gasteiger charge is -2.39. The number of nitrogen functional groups attached to an aromatic ring is 1. The summed E-state index contributed by atoms with van der Waals surface area (Å²) in [5.41, 5.74) is 2.54. The molecule has 2 rings (SSSR count). The summed E-state index contributed by atoms with van der Waals surface area (Å²) in [5.74, 6) is 7.33. The average molecular weight is 252 g/mol. The van der Waals surface area contributed by atoms with Crippen molar-refractivity contribution >= 4 is 11.6 Å². The number of aromatic nitrogens is 2. The van der Waals surface area contributed by atoms with Crippen LogP contribution in [0.5, 0.6) is 5.75 Å². The molecule has 100 valence electrons. The molecule has 0 bridgehead atoms. The zero-order valence-corrected chi connectivity index (χ0v) is 11.1. The maximum Gasteiger partial charge on any atom is 0.205 e. The van der Waals surface area contributed by atoms with Crippen molar-refractivity contribution in [2.75, 3.05) is 44.1 Å². The van der Waals surface area contributed by atoms with E-state index in [4.69, 9.17) is 10.6 Å². The second-order valence-corrected chi connectivity index (χ2v) is 4.53. The van der Waals surface area contributed by atoms with E-state index in [2.05, 4.69) is 39.2 Å². The van der Waals surface area contributed by atoms with E-state index in [0.717, 1.165) is 25.5 Å². The highest BCUT2D eigenvalue weighted by atomic mass is 16.5. The minimum absolute atomic E-state index is 0.373. The van der Waals surface area contributed by atoms with Crippen LogP contribution in [0.1, 0.15) is 6.92 Å². The minimum Gasteiger partial charge on any atom is -0.490 e. The molecule has 0 aliphatic carbocycles. The first-order valence-corrected chi connectivity index (χ1v) is 5.98. The summed E-state index contributed by atoms with van der Waals surface area (Å²) in [5, 5.41) is 0. The van der Waals surface area contributed by atoms with Crippen LogP contribution in [0.4, 0.5) is 11.6 Å². The van der Waals surface area contributed by atoms with Crippen LogP contribution in [-0.4, -0.2) is 54.7 Å². The number of hydrazine groups is 1. The van der Waals surface area contributed by atoms with Crippen LogP contribution in [0.25, 0.3) is 0 Å². The van der Waals surface area contributed by atoms with Gasteiger partial charge < -0.3 is 20.0 Å². The van der Waals surface area contributed by atoms with E-state index in [9.17, 15) is 0 Å². The molecule has 0 saturated carbocycles. The Bertz CT molecular complexity index is 413. The first kappa shape index (κ1) is 12.8. The summed E-state index contributed by atoms with van der Waals surface area (Å²) in [6, 6.07) is 0.373. The Morgan fingerprint density at radius 1 is 1.44 bits per heavy atom. The number of nitrogens with one attached hydrogen (secondary N) is 1. The average Bonchev–Trinajstić information content (AvgIpc) is 2.37. The Morgan fingerprint density at radius 3 is 2.83 bits per heavy atom. The summed E-state index contributed by atoms with van der Waals surface area (Å²) in [7, 11) is 3.72. The van der Waals surface area contributed by atoms with Crippen LogP contribution in [0.2, 0.25) is 0 Å². The molecule has 1 fully saturated rings. The van der Waals surface area contributed by atoms with Crippen molar-refractivity contribution < 1.29 is 4.74 Å². The highest BCUT2D eigenvalue weighted by Crippen LogP contribution is 2.33. The number of nitrogens with zero attached hydrogens (tertiary/aromatic N) is 4. The van der Waals surface area contributed by atoms with E-state index in [1.54, 1.807) is 7.11 Å². The van der Waals surface area contributed by atoms with Gasteiger partial charge in [0.25, 0.3) is 0 Å². The van der Waals surface area contributed by atoms with Gasteiger partial charge in [-0.05, 0) is 14.0 Å². The first-order chi connectivity index (χ1) is 8.67. The lowest BCUT2D eigenvalue weighted by molar-refractivity contribution is 0.273. The fourth-order valence-electron chi connectivity index (χ4n) is 2.31. The molecular weight excluding hydrogens is 232 g/mol. The minimum atomic E-state index is 0.373. The van der Waals surface area contributed by atoms with Crippen molar-refractivity contribution in [2.24, 2.45) is 5.84 Å². The second-order valence-electron chi connectivity index (χ2n) is 4.53. The molecule has 1 aromatic rings. The van der Waals surface area contributed by atoms with Crippen molar-refractivity contribution in [2.45, 2.75) is 13.0 Å². The Labute approximate surface area is 107 Å². The fourth-order valence-corrected chi connectivity index (χ4v) is 2.31. The highest BCUT2D eigenvalue weighted by Gasteiger charge is 2.26. The van der Waals surface area contributed by atoms with Gasteiger partial charge in [-0.3, -0.25) is 0 Å². The predicted octanol–water partition coefficient (Wildman–Crippen LogP) is -0.0889. The normalized spacial score (nSPS) is 20.9. The second kappa shape index (κ2) is 5.36. The molecule has 7 heteroatoms. The van der Waals surface area contributed by atoms with Crippen LogP contribution in [0, 0.1) is 0 Å². The molecule has 1 atom stereocenters. The summed E-state index contributed by atoms with van der Waals surface area (Å²) >= 11 is 0. The monoisotopic (exact) mass is 252 g/mol. The van der Waals surface area contributed by atoms with Gasteiger partial charge in [-0.15, -0.1) is 0 Å². The van der Waals surface area contributed by atoms with Gasteiger partial charge in [0, 0.05) is 25.7 Å². The van der Waals surface area contributed by atoms with E-state index in [1.165, 1.54) is 6.33 Å². The highest BCUT2D eigenvalue weighted by molar-refractivity contribution is 5.64. The molecule has 2 heterocycles. The molecule has 0 spiro atoms. The van der Waals surface area contributed by atoms with Crippen molar-refractivity contribution in [1.82, 2.24) is 14.9 Å². The SMILES string of the molecule is COc1c(NN)ncnc1N1CCN(C)CC1C. The van der Waals surface area contributed by atoms with E-state index in [-0.39, 0.29) is 0 Å². The van der Waals surface area contributed by atoms with E-state index in [0.29, 0.717) is 17.6 Å². The number of methoxy groups -OCH3 is 1. The smallest absolute Gasteiger partial charge is 0.205 e. The first-order valence-electron chi connectivity index (χ1n) is 5.98. The summed E-state index contributed by atoms with van der Waals surface area (Å²) in [4.78, 5) is 12.9. The number of hydrogen-bond donors (Lipinski definition) is 2. The fraction of sp³-hybridized carbons (Fsp3) is 0.636. The molecule has 3 N–H and O–H groups in total. The Balaban J connectivity index is 2.32. The maximum atomic E-state index is 5.43. The van der Waals surface area contributed by atoms with Gasteiger partial charge in [-0.2, -0.15) is 0 Å². The van der Waals surface area contributed by atoms with E-state index in [1.807, 2.05) is 0 Å². The molecular formula is C11H20N6O. The van der Waals surface area contributed by atoms with Crippen LogP contribution in [0.3, 0.4) is 0 Å². The number of anilines is 2. The Kier molecular flexibility index (Phi) is 3.83. The molecule has 1 aliphatic heterocycles. The van der Waals surface area contributed by atoms with Crippen molar-refractivity contribution in [3.63, 3.8) is 0 Å². The van der Waals surface area contributed by atoms with Crippen LogP contribution in [-0.2, 0) is 0 Å². The summed E-state index contributed by atoms with van der Waals surface area (Å²) in [6.07, 6.45) is 1.50. The van der Waals surface area contributed by atoms with Crippen LogP contribution in [0.15, 0.2) is 6.33 Å². The Hall–Kier alpha value is -1.60. The van der Waals surface area contributed by atoms with E-state index < -0.39 is 0 Å². The van der Waals surface area contributed by atoms with Crippen molar-refractivity contribution in [3.8, 4) is 5.75 Å². The number of nitrogens with two attached hydrogens (primary N) is 1. The zero-order chi connectivity index (χ0) is 13.1. The molecule has 0 aromatic carbocycles. The molecule has 1 aliphatic rings. The van der Waals surface area contributed by atoms with E-state index >= 15 is 0 Å². The number of likely N-dealkylation sites (N-methyl/N-ethyl adjacent to an activating group) is 1. The van der Waals surface area contributed by atoms with Crippen molar-refractivity contribution in [1.29, 1.82) is 0 Å². The number of ether oxygens (including phenoxy) is 1. The summed E-state index contributed by atoms with van der Waals surface area (Å²) in [6.45, 7) is 5.09. The maximum absolute atomic E-state index is 5.43. The lowest BCUT2D eigenvalue weighted by atomic mass is 10.2. The predicted molar refractivity (Wildman–Crippen MR) is 70.7 cm³/mol. The third-order valence-corrected chi connectivity index (χ3v) is 3.23. The van der Waals surface area contributed by atoms with Gasteiger partial charge in [-0.1, -0.05) is 0 Å². The molecule has 7 nitrogen and oxygen atoms in total. The summed E-state index contributed by atoms with van der Waals surface area (Å²) < 4.78 is 5.37. The molecule has 1 aromatic heterocycles. The van der Waals surface area contributed by atoms with Crippen LogP contribution >= 0.6 is 0 Å². The van der Waals surface area contributed by atoms with Crippen LogP contribution < -0.4 is 20.9 Å². The topological polar surface area (TPSA) is 79.5 Å². The quantitative estimate of drug-likeness (QED) is 0.575. The van der Waals surface area contributed by atoms with Crippen molar-refractivity contribution in [3.05, 3.63) is 6.33 Å². The zero-order valence-electron chi connectivity index (χ0n) is 11.1. The van der Waals surface area contributed by atoms with Gasteiger partial charge in [0.05, 0.1) is 7.11 Å². The van der Waals surface area contributed by atoms with Gasteiger partial charge in [0.2, 0.25) is 5.75 Å². The number of rotatable bonds is 3. The van der Waals surface area contributed by atoms with Gasteiger partial charge in [0.15, 0.2) is 11.6 Å².